The number of nitrogens with zero attached hydrogens (tertiary/aromatic N) is 3. The number of fused-ring (bicyclic) bond motifs is 1. The van der Waals surface area contributed by atoms with Crippen LogP contribution in [0.1, 0.15) is 47.3 Å². The molecule has 4 rings (SSSR count). The molecule has 0 saturated heterocycles. The van der Waals surface area contributed by atoms with Gasteiger partial charge in [-0.2, -0.15) is 5.10 Å². The minimum Gasteiger partial charge on any atom is -0.385 e. The molecule has 1 aliphatic rings. The third-order valence-electron chi connectivity index (χ3n) is 6.15. The Morgan fingerprint density at radius 1 is 1.22 bits per heavy atom. The van der Waals surface area contributed by atoms with Crippen LogP contribution in [0.25, 0.3) is 5.95 Å². The lowest BCUT2D eigenvalue weighted by Crippen LogP contribution is -2.30. The maximum Gasteiger partial charge on any atom is 0.255 e. The van der Waals surface area contributed by atoms with E-state index in [-0.39, 0.29) is 5.56 Å². The van der Waals surface area contributed by atoms with Gasteiger partial charge in [-0.15, -0.1) is 0 Å². The van der Waals surface area contributed by atoms with Crippen LogP contribution in [0.3, 0.4) is 0 Å². The smallest absolute Gasteiger partial charge is 0.255 e. The second kappa shape index (κ2) is 10.5. The van der Waals surface area contributed by atoms with Crippen LogP contribution >= 0.6 is 0 Å². The molecule has 1 atom stereocenters. The Morgan fingerprint density at radius 2 is 1.97 bits per heavy atom. The summed E-state index contributed by atoms with van der Waals surface area (Å²) in [6.45, 7) is 4.70. The monoisotopic (exact) mass is 437 g/mol. The van der Waals surface area contributed by atoms with Gasteiger partial charge in [-0.1, -0.05) is 30.3 Å². The Hall–Kier alpha value is -3.10. The van der Waals surface area contributed by atoms with Crippen molar-refractivity contribution in [2.24, 2.45) is 0 Å². The predicted octanol–water partition coefficient (Wildman–Crippen LogP) is 2.00. The minimum atomic E-state index is -0.918. The number of benzene rings is 1. The van der Waals surface area contributed by atoms with Crippen molar-refractivity contribution < 1.29 is 9.90 Å². The number of H-pyrrole nitrogens is 1. The number of nitrogens with one attached hydrogen (secondary N) is 2. The molecule has 0 aliphatic heterocycles. The van der Waals surface area contributed by atoms with E-state index < -0.39 is 5.60 Å². The van der Waals surface area contributed by atoms with E-state index in [4.69, 9.17) is 4.79 Å². The molecule has 2 aromatic heterocycles. The molecule has 0 spiro atoms. The molecule has 170 valence electrons. The number of rotatable bonds is 8. The highest BCUT2D eigenvalue weighted by atomic mass is 16.3. The van der Waals surface area contributed by atoms with Crippen molar-refractivity contribution in [1.29, 1.82) is 0 Å². The van der Waals surface area contributed by atoms with E-state index in [1.54, 1.807) is 4.68 Å². The van der Waals surface area contributed by atoms with Crippen molar-refractivity contribution in [3.63, 3.8) is 0 Å². The molecule has 8 nitrogen and oxygen atoms in total. The lowest BCUT2D eigenvalue weighted by Gasteiger charge is -2.29. The highest BCUT2D eigenvalue weighted by Crippen LogP contribution is 2.30. The maximum absolute atomic E-state index is 12.4. The number of hydrogen-bond acceptors (Lipinski definition) is 6. The van der Waals surface area contributed by atoms with Gasteiger partial charge in [0.15, 0.2) is 0 Å². The molecular formula is C24H31N5O3. The highest BCUT2D eigenvalue weighted by molar-refractivity contribution is 5.30. The van der Waals surface area contributed by atoms with Crippen LogP contribution in [0.5, 0.6) is 0 Å². The van der Waals surface area contributed by atoms with Crippen LogP contribution < -0.4 is 10.9 Å². The second-order valence-corrected chi connectivity index (χ2v) is 8.09. The number of carbonyl (C=O) groups is 1. The molecule has 0 fully saturated rings. The quantitative estimate of drug-likeness (QED) is 0.497. The number of aryl methyl sites for hydroxylation is 2. The number of hydrogen-bond donors (Lipinski definition) is 3. The predicted molar refractivity (Wildman–Crippen MR) is 123 cm³/mol. The SMILES string of the molecule is C=O.CNCCC(O)(CCc1cnn(-c2nc3c(c(=O)[nH]2)CCC3)c1C)c1ccccc1. The molecule has 3 N–H and O–H groups in total. The third-order valence-corrected chi connectivity index (χ3v) is 6.15. The summed E-state index contributed by atoms with van der Waals surface area (Å²) in [4.78, 5) is 27.9. The fourth-order valence-corrected chi connectivity index (χ4v) is 4.27. The first-order valence-electron chi connectivity index (χ1n) is 10.9. The van der Waals surface area contributed by atoms with Crippen molar-refractivity contribution in [2.75, 3.05) is 13.6 Å². The van der Waals surface area contributed by atoms with E-state index in [0.717, 1.165) is 53.9 Å². The van der Waals surface area contributed by atoms with E-state index in [9.17, 15) is 9.90 Å². The molecule has 0 amide bonds. The number of carbonyl (C=O) groups excluding carboxylic acids is 1. The molecule has 2 heterocycles. The summed E-state index contributed by atoms with van der Waals surface area (Å²) in [7, 11) is 1.89. The standard InChI is InChI=1S/C23H29N5O2.CH2O/c1-16-17(11-12-23(30,13-14-24-2)18-7-4-3-5-8-18)15-25-28(16)22-26-20-10-6-9-19(20)21(29)27-22;1-2/h3-5,7-8,15,24,30H,6,9-14H2,1-2H3,(H,26,27,29);1H2. The van der Waals surface area contributed by atoms with Gasteiger partial charge in [0.05, 0.1) is 17.5 Å². The molecule has 0 radical (unpaired) electrons. The molecule has 0 bridgehead atoms. The summed E-state index contributed by atoms with van der Waals surface area (Å²) in [5.74, 6) is 0.470. The number of aliphatic hydroxyl groups is 1. The Bertz CT molecular complexity index is 1090. The van der Waals surface area contributed by atoms with E-state index >= 15 is 0 Å². The first kappa shape index (κ1) is 23.6. The average Bonchev–Trinajstić information content (AvgIpc) is 3.45. The molecule has 1 aromatic carbocycles. The third kappa shape index (κ3) is 4.87. The minimum absolute atomic E-state index is 0.0607. The Balaban J connectivity index is 0.00000141. The van der Waals surface area contributed by atoms with Crippen LogP contribution in [-0.4, -0.2) is 45.2 Å². The summed E-state index contributed by atoms with van der Waals surface area (Å²) in [5.41, 5.74) is 3.61. The second-order valence-electron chi connectivity index (χ2n) is 8.09. The topological polar surface area (TPSA) is 113 Å². The number of aromatic amines is 1. The van der Waals surface area contributed by atoms with Gasteiger partial charge in [-0.3, -0.25) is 9.78 Å². The summed E-state index contributed by atoms with van der Waals surface area (Å²) >= 11 is 0. The van der Waals surface area contributed by atoms with Gasteiger partial charge in [0.25, 0.3) is 5.56 Å². The van der Waals surface area contributed by atoms with Gasteiger partial charge < -0.3 is 15.2 Å². The summed E-state index contributed by atoms with van der Waals surface area (Å²) in [6.07, 6.45) is 6.31. The summed E-state index contributed by atoms with van der Waals surface area (Å²) in [6, 6.07) is 9.83. The van der Waals surface area contributed by atoms with Crippen LogP contribution in [-0.2, 0) is 29.7 Å². The van der Waals surface area contributed by atoms with Crippen molar-refractivity contribution in [3.8, 4) is 5.95 Å². The zero-order valence-electron chi connectivity index (χ0n) is 18.7. The molecule has 8 heteroatoms. The summed E-state index contributed by atoms with van der Waals surface area (Å²) < 4.78 is 1.70. The van der Waals surface area contributed by atoms with Gasteiger partial charge >= 0.3 is 0 Å². The lowest BCUT2D eigenvalue weighted by atomic mass is 9.85. The molecule has 1 aliphatic carbocycles. The Morgan fingerprint density at radius 3 is 2.69 bits per heavy atom. The largest absolute Gasteiger partial charge is 0.385 e. The Labute approximate surface area is 187 Å². The van der Waals surface area contributed by atoms with Crippen LogP contribution in [0.4, 0.5) is 0 Å². The van der Waals surface area contributed by atoms with Gasteiger partial charge in [0.2, 0.25) is 5.95 Å². The molecular weight excluding hydrogens is 406 g/mol. The fraction of sp³-hybridized carbons (Fsp3) is 0.417. The van der Waals surface area contributed by atoms with Gasteiger partial charge in [0.1, 0.15) is 6.79 Å². The first-order chi connectivity index (χ1) is 15.5. The lowest BCUT2D eigenvalue weighted by molar-refractivity contribution is -0.0980. The zero-order valence-corrected chi connectivity index (χ0v) is 18.7. The van der Waals surface area contributed by atoms with Crippen molar-refractivity contribution in [2.45, 2.75) is 51.0 Å². The molecule has 0 saturated carbocycles. The van der Waals surface area contributed by atoms with Crippen LogP contribution in [0.2, 0.25) is 0 Å². The average molecular weight is 438 g/mol. The number of aromatic nitrogens is 4. The maximum atomic E-state index is 12.4. The van der Waals surface area contributed by atoms with Crippen molar-refractivity contribution in [3.05, 3.63) is 75.0 Å². The van der Waals surface area contributed by atoms with E-state index in [2.05, 4.69) is 20.4 Å². The normalized spacial score (nSPS) is 14.3. The fourth-order valence-electron chi connectivity index (χ4n) is 4.27. The van der Waals surface area contributed by atoms with E-state index in [0.29, 0.717) is 25.2 Å². The summed E-state index contributed by atoms with van der Waals surface area (Å²) in [5, 5.41) is 19.0. The molecule has 32 heavy (non-hydrogen) atoms. The van der Waals surface area contributed by atoms with Crippen molar-refractivity contribution in [1.82, 2.24) is 25.1 Å². The van der Waals surface area contributed by atoms with Gasteiger partial charge in [0, 0.05) is 11.3 Å². The van der Waals surface area contributed by atoms with Crippen LogP contribution in [0.15, 0.2) is 41.3 Å². The highest BCUT2D eigenvalue weighted by Gasteiger charge is 2.29. The molecule has 3 aromatic rings. The van der Waals surface area contributed by atoms with Gasteiger partial charge in [-0.25, -0.2) is 9.67 Å². The van der Waals surface area contributed by atoms with E-state index in [1.165, 1.54) is 0 Å². The van der Waals surface area contributed by atoms with Gasteiger partial charge in [-0.05, 0) is 70.2 Å². The first-order valence-corrected chi connectivity index (χ1v) is 10.9. The van der Waals surface area contributed by atoms with Crippen LogP contribution in [0, 0.1) is 6.92 Å². The van der Waals surface area contributed by atoms with Crippen molar-refractivity contribution >= 4 is 6.79 Å². The molecule has 1 unspecified atom stereocenters. The zero-order chi connectivity index (χ0) is 23.1. The van der Waals surface area contributed by atoms with E-state index in [1.807, 2.05) is 57.3 Å². The Kier molecular flexibility index (Phi) is 7.71.